The fraction of sp³-hybridized carbons (Fsp3) is 0.727. The van der Waals surface area contributed by atoms with Crippen LogP contribution in [0.15, 0.2) is 0 Å². The largest absolute Gasteiger partial charge is 0.383 e. The van der Waals surface area contributed by atoms with Gasteiger partial charge in [0, 0.05) is 18.7 Å². The summed E-state index contributed by atoms with van der Waals surface area (Å²) in [4.78, 5) is 2.40. The smallest absolute Gasteiger partial charge is 0.142 e. The van der Waals surface area contributed by atoms with E-state index in [2.05, 4.69) is 23.1 Å². The molecule has 0 radical (unpaired) electrons. The predicted octanol–water partition coefficient (Wildman–Crippen LogP) is 2.84. The molecule has 1 heterocycles. The summed E-state index contributed by atoms with van der Waals surface area (Å²) < 4.78 is 4.31. The lowest BCUT2D eigenvalue weighted by Gasteiger charge is -2.21. The Hall–Kier alpha value is -0.770. The summed E-state index contributed by atoms with van der Waals surface area (Å²) in [5, 5.41) is 1.32. The maximum Gasteiger partial charge on any atom is 0.142 e. The van der Waals surface area contributed by atoms with Crippen molar-refractivity contribution in [2.45, 2.75) is 39.0 Å². The molecule has 0 atom stereocenters. The first-order valence-electron chi connectivity index (χ1n) is 5.77. The molecule has 0 spiro atoms. The predicted molar refractivity (Wildman–Crippen MR) is 66.7 cm³/mol. The minimum atomic E-state index is 0.699. The number of nitrogens with zero attached hydrogens (tertiary/aromatic N) is 2. The molecule has 0 bridgehead atoms. The van der Waals surface area contributed by atoms with E-state index in [9.17, 15) is 0 Å². The number of aromatic nitrogens is 1. The van der Waals surface area contributed by atoms with Crippen LogP contribution in [0, 0.1) is 0 Å². The number of hydrogen-bond acceptors (Lipinski definition) is 4. The van der Waals surface area contributed by atoms with E-state index < -0.39 is 0 Å². The van der Waals surface area contributed by atoms with Crippen LogP contribution in [0.4, 0.5) is 10.8 Å². The van der Waals surface area contributed by atoms with Gasteiger partial charge in [-0.15, -0.1) is 0 Å². The van der Waals surface area contributed by atoms with Gasteiger partial charge in [-0.05, 0) is 43.6 Å². The summed E-state index contributed by atoms with van der Waals surface area (Å²) in [7, 11) is 0. The van der Waals surface area contributed by atoms with Crippen molar-refractivity contribution in [2.75, 3.05) is 23.7 Å². The van der Waals surface area contributed by atoms with Gasteiger partial charge in [-0.2, -0.15) is 4.37 Å². The van der Waals surface area contributed by atoms with E-state index in [-0.39, 0.29) is 0 Å². The highest BCUT2D eigenvalue weighted by Gasteiger charge is 2.31. The Kier molecular flexibility index (Phi) is 3.14. The Balaban J connectivity index is 2.25. The summed E-state index contributed by atoms with van der Waals surface area (Å²) >= 11 is 1.57. The lowest BCUT2D eigenvalue weighted by Crippen LogP contribution is -2.23. The van der Waals surface area contributed by atoms with Gasteiger partial charge in [-0.3, -0.25) is 0 Å². The molecule has 1 saturated carbocycles. The molecule has 2 N–H and O–H groups in total. The minimum absolute atomic E-state index is 0.699. The van der Waals surface area contributed by atoms with Gasteiger partial charge in [-0.1, -0.05) is 6.92 Å². The minimum Gasteiger partial charge on any atom is -0.383 e. The maximum atomic E-state index is 5.94. The zero-order valence-electron chi connectivity index (χ0n) is 9.49. The number of nitrogen functional groups attached to an aromatic ring is 1. The first-order valence-corrected chi connectivity index (χ1v) is 6.55. The van der Waals surface area contributed by atoms with Gasteiger partial charge in [0.2, 0.25) is 0 Å². The van der Waals surface area contributed by atoms with Crippen LogP contribution in [-0.2, 0) is 0 Å². The highest BCUT2D eigenvalue weighted by Crippen LogP contribution is 2.48. The molecule has 1 fully saturated rings. The molecule has 0 aromatic carbocycles. The van der Waals surface area contributed by atoms with Gasteiger partial charge in [-0.25, -0.2) is 0 Å². The van der Waals surface area contributed by atoms with Crippen molar-refractivity contribution in [3.05, 3.63) is 5.56 Å². The van der Waals surface area contributed by atoms with E-state index in [0.717, 1.165) is 18.9 Å². The van der Waals surface area contributed by atoms with E-state index in [1.807, 2.05) is 0 Å². The van der Waals surface area contributed by atoms with Crippen LogP contribution in [0.2, 0.25) is 0 Å². The monoisotopic (exact) mass is 225 g/mol. The van der Waals surface area contributed by atoms with Gasteiger partial charge in [0.25, 0.3) is 0 Å². The van der Waals surface area contributed by atoms with Crippen molar-refractivity contribution in [1.29, 1.82) is 0 Å². The molecule has 15 heavy (non-hydrogen) atoms. The van der Waals surface area contributed by atoms with E-state index in [1.54, 1.807) is 11.5 Å². The summed E-state index contributed by atoms with van der Waals surface area (Å²) in [6, 6.07) is 0. The fourth-order valence-corrected chi connectivity index (χ4v) is 2.95. The van der Waals surface area contributed by atoms with Crippen molar-refractivity contribution in [1.82, 2.24) is 4.37 Å². The van der Waals surface area contributed by atoms with Crippen LogP contribution in [0.3, 0.4) is 0 Å². The maximum absolute atomic E-state index is 5.94. The molecule has 1 aromatic heterocycles. The Morgan fingerprint density at radius 2 is 2.20 bits per heavy atom. The molecule has 84 valence electrons. The van der Waals surface area contributed by atoms with E-state index in [4.69, 9.17) is 5.73 Å². The van der Waals surface area contributed by atoms with Crippen molar-refractivity contribution < 1.29 is 0 Å². The standard InChI is InChI=1S/C11H19N3S/c1-3-7-14(4-2)11-9(8-5-6-8)10(12)13-15-11/h8H,3-7H2,1-2H3,(H2,12,13). The second kappa shape index (κ2) is 4.39. The topological polar surface area (TPSA) is 42.2 Å². The third kappa shape index (κ3) is 2.09. The summed E-state index contributed by atoms with van der Waals surface area (Å²) in [6.45, 7) is 6.57. The Morgan fingerprint density at radius 3 is 2.73 bits per heavy atom. The molecule has 0 amide bonds. The number of anilines is 2. The zero-order valence-corrected chi connectivity index (χ0v) is 10.3. The number of hydrogen-bond donors (Lipinski definition) is 1. The molecular formula is C11H19N3S. The quantitative estimate of drug-likeness (QED) is 0.838. The summed E-state index contributed by atoms with van der Waals surface area (Å²) in [6.07, 6.45) is 3.76. The molecule has 3 nitrogen and oxygen atoms in total. The molecule has 1 aliphatic rings. The summed E-state index contributed by atoms with van der Waals surface area (Å²) in [5.41, 5.74) is 7.27. The highest BCUT2D eigenvalue weighted by molar-refractivity contribution is 7.10. The first kappa shape index (κ1) is 10.7. The van der Waals surface area contributed by atoms with Gasteiger partial charge in [0.1, 0.15) is 10.8 Å². The number of rotatable bonds is 5. The Morgan fingerprint density at radius 1 is 1.47 bits per heavy atom. The molecule has 0 aliphatic heterocycles. The highest BCUT2D eigenvalue weighted by atomic mass is 32.1. The molecule has 0 unspecified atom stereocenters. The molecule has 4 heteroatoms. The molecule has 1 aliphatic carbocycles. The van der Waals surface area contributed by atoms with Gasteiger partial charge in [0.05, 0.1) is 0 Å². The van der Waals surface area contributed by atoms with Crippen LogP contribution in [-0.4, -0.2) is 17.5 Å². The Labute approximate surface area is 95.4 Å². The Bertz CT molecular complexity index is 331. The van der Waals surface area contributed by atoms with Crippen LogP contribution in [0.25, 0.3) is 0 Å². The normalized spacial score (nSPS) is 15.6. The van der Waals surface area contributed by atoms with Crippen LogP contribution in [0.5, 0.6) is 0 Å². The van der Waals surface area contributed by atoms with Crippen molar-refractivity contribution in [3.8, 4) is 0 Å². The van der Waals surface area contributed by atoms with Crippen LogP contribution in [0.1, 0.15) is 44.6 Å². The molecule has 2 rings (SSSR count). The lowest BCUT2D eigenvalue weighted by atomic mass is 10.2. The summed E-state index contributed by atoms with van der Waals surface area (Å²) in [5.74, 6) is 1.47. The van der Waals surface area contributed by atoms with Crippen molar-refractivity contribution >= 4 is 22.4 Å². The molecular weight excluding hydrogens is 206 g/mol. The molecule has 1 aromatic rings. The second-order valence-electron chi connectivity index (χ2n) is 4.14. The average Bonchev–Trinajstić information content (AvgIpc) is 2.99. The van der Waals surface area contributed by atoms with E-state index >= 15 is 0 Å². The zero-order chi connectivity index (χ0) is 10.8. The fourth-order valence-electron chi connectivity index (χ4n) is 1.96. The third-order valence-corrected chi connectivity index (χ3v) is 3.82. The van der Waals surface area contributed by atoms with Crippen molar-refractivity contribution in [2.24, 2.45) is 0 Å². The van der Waals surface area contributed by atoms with E-state index in [1.165, 1.54) is 29.8 Å². The SMILES string of the molecule is CCCN(CC)c1snc(N)c1C1CC1. The first-order chi connectivity index (χ1) is 7.27. The van der Waals surface area contributed by atoms with E-state index in [0.29, 0.717) is 5.92 Å². The van der Waals surface area contributed by atoms with Gasteiger partial charge < -0.3 is 10.6 Å². The second-order valence-corrected chi connectivity index (χ2v) is 4.89. The van der Waals surface area contributed by atoms with Crippen LogP contribution < -0.4 is 10.6 Å². The van der Waals surface area contributed by atoms with Crippen molar-refractivity contribution in [3.63, 3.8) is 0 Å². The van der Waals surface area contributed by atoms with Gasteiger partial charge >= 0.3 is 0 Å². The lowest BCUT2D eigenvalue weighted by molar-refractivity contribution is 0.793. The number of nitrogens with two attached hydrogens (primary N) is 1. The van der Waals surface area contributed by atoms with Crippen LogP contribution >= 0.6 is 11.5 Å². The molecule has 0 saturated heterocycles. The average molecular weight is 225 g/mol. The van der Waals surface area contributed by atoms with Gasteiger partial charge in [0.15, 0.2) is 0 Å². The third-order valence-electron chi connectivity index (χ3n) is 2.88.